The average molecular weight is 455 g/mol. The molecule has 0 unspecified atom stereocenters. The van der Waals surface area contributed by atoms with Crippen LogP contribution in [0.15, 0.2) is 96.4 Å². The number of nitrogens with zero attached hydrogens (tertiary/aromatic N) is 2. The SMILES string of the molecule is O=C(c1[nH]c(/C=N/Nc2ccccc2)c[nH+]1)c1cn(Cc2ccc(Cl)cc2)c2ccccc12. The Bertz CT molecular complexity index is 1430. The van der Waals surface area contributed by atoms with Crippen LogP contribution in [0.3, 0.4) is 0 Å². The fraction of sp³-hybridized carbons (Fsp3) is 0.0385. The Labute approximate surface area is 195 Å². The summed E-state index contributed by atoms with van der Waals surface area (Å²) in [5.74, 6) is 0.280. The van der Waals surface area contributed by atoms with E-state index in [2.05, 4.69) is 25.1 Å². The molecule has 0 fully saturated rings. The number of para-hydroxylation sites is 2. The smallest absolute Gasteiger partial charge is 0.326 e. The van der Waals surface area contributed by atoms with Crippen molar-refractivity contribution in [3.05, 3.63) is 119 Å². The number of H-pyrrole nitrogens is 2. The van der Waals surface area contributed by atoms with Gasteiger partial charge in [0.15, 0.2) is 5.69 Å². The molecule has 2 aromatic heterocycles. The molecular formula is C26H21ClN5O+. The topological polar surface area (TPSA) is 76.3 Å². The molecule has 33 heavy (non-hydrogen) atoms. The van der Waals surface area contributed by atoms with Crippen LogP contribution in [0.1, 0.15) is 27.4 Å². The Kier molecular flexibility index (Phi) is 5.74. The van der Waals surface area contributed by atoms with E-state index >= 15 is 0 Å². The highest BCUT2D eigenvalue weighted by Crippen LogP contribution is 2.24. The minimum Gasteiger partial charge on any atom is -0.342 e. The van der Waals surface area contributed by atoms with Gasteiger partial charge in [-0.25, -0.2) is 9.97 Å². The zero-order valence-electron chi connectivity index (χ0n) is 17.6. The van der Waals surface area contributed by atoms with E-state index in [9.17, 15) is 4.79 Å². The molecule has 6 nitrogen and oxygen atoms in total. The molecule has 3 N–H and O–H groups in total. The molecule has 0 aliphatic heterocycles. The molecule has 0 bridgehead atoms. The first-order chi connectivity index (χ1) is 16.2. The lowest BCUT2D eigenvalue weighted by molar-refractivity contribution is -0.379. The van der Waals surface area contributed by atoms with Crippen molar-refractivity contribution in [1.29, 1.82) is 0 Å². The van der Waals surface area contributed by atoms with Gasteiger partial charge < -0.3 is 4.57 Å². The summed E-state index contributed by atoms with van der Waals surface area (Å²) in [6, 6.07) is 25.3. The molecule has 0 spiro atoms. The number of anilines is 1. The highest BCUT2D eigenvalue weighted by Gasteiger charge is 2.23. The second-order valence-corrected chi connectivity index (χ2v) is 8.06. The third-order valence-electron chi connectivity index (χ3n) is 5.34. The average Bonchev–Trinajstić information content (AvgIpc) is 3.46. The molecular weight excluding hydrogens is 434 g/mol. The van der Waals surface area contributed by atoms with Crippen LogP contribution >= 0.6 is 11.6 Å². The predicted molar refractivity (Wildman–Crippen MR) is 131 cm³/mol. The van der Waals surface area contributed by atoms with E-state index in [0.717, 1.165) is 22.2 Å². The van der Waals surface area contributed by atoms with Gasteiger partial charge in [-0.3, -0.25) is 10.2 Å². The molecule has 0 saturated heterocycles. The largest absolute Gasteiger partial charge is 0.342 e. The molecule has 2 heterocycles. The number of aromatic amines is 2. The van der Waals surface area contributed by atoms with E-state index in [-0.39, 0.29) is 5.78 Å². The molecule has 0 radical (unpaired) electrons. The predicted octanol–water partition coefficient (Wildman–Crippen LogP) is 5.16. The normalized spacial score (nSPS) is 11.3. The van der Waals surface area contributed by atoms with Gasteiger partial charge in [-0.15, -0.1) is 0 Å². The van der Waals surface area contributed by atoms with Gasteiger partial charge in [0.25, 0.3) is 5.78 Å². The van der Waals surface area contributed by atoms with Crippen LogP contribution in [0.2, 0.25) is 5.02 Å². The summed E-state index contributed by atoms with van der Waals surface area (Å²) in [5, 5.41) is 5.82. The zero-order chi connectivity index (χ0) is 22.6. The first kappa shape index (κ1) is 20.7. The van der Waals surface area contributed by atoms with Gasteiger partial charge >= 0.3 is 5.82 Å². The molecule has 0 aliphatic carbocycles. The number of hydrogen-bond acceptors (Lipinski definition) is 3. The molecule has 0 saturated carbocycles. The number of carbonyl (C=O) groups is 1. The van der Waals surface area contributed by atoms with E-state index < -0.39 is 0 Å². The van der Waals surface area contributed by atoms with Crippen molar-refractivity contribution in [2.24, 2.45) is 5.10 Å². The maximum absolute atomic E-state index is 13.3. The summed E-state index contributed by atoms with van der Waals surface area (Å²) in [6.07, 6.45) is 5.25. The summed E-state index contributed by atoms with van der Waals surface area (Å²) >= 11 is 6.02. The second-order valence-electron chi connectivity index (χ2n) is 7.62. The first-order valence-electron chi connectivity index (χ1n) is 10.5. The summed E-state index contributed by atoms with van der Waals surface area (Å²) in [4.78, 5) is 19.5. The number of rotatable bonds is 7. The van der Waals surface area contributed by atoms with Crippen LogP contribution in [0.4, 0.5) is 5.69 Å². The standard InChI is InChI=1S/C26H20ClN5O/c27-19-12-10-18(11-13-19)16-32-17-23(22-8-4-5-9-24(22)32)25(33)26-28-14-21(30-26)15-29-31-20-6-2-1-3-7-20/h1-15,17,31H,16H2,(H,28,30)/p+1/b29-15+. The van der Waals surface area contributed by atoms with Crippen LogP contribution in [-0.2, 0) is 6.54 Å². The minimum atomic E-state index is -0.114. The van der Waals surface area contributed by atoms with Crippen molar-refractivity contribution in [3.63, 3.8) is 0 Å². The lowest BCUT2D eigenvalue weighted by Gasteiger charge is -2.05. The molecule has 0 atom stereocenters. The third-order valence-corrected chi connectivity index (χ3v) is 5.59. The van der Waals surface area contributed by atoms with Crippen molar-refractivity contribution in [1.82, 2.24) is 9.55 Å². The molecule has 3 aromatic carbocycles. The van der Waals surface area contributed by atoms with Gasteiger partial charge in [-0.2, -0.15) is 5.10 Å². The van der Waals surface area contributed by atoms with E-state index in [4.69, 9.17) is 11.6 Å². The summed E-state index contributed by atoms with van der Waals surface area (Å²) in [7, 11) is 0. The van der Waals surface area contributed by atoms with Crippen molar-refractivity contribution >= 4 is 40.2 Å². The number of carbonyl (C=O) groups excluding carboxylic acids is 1. The number of hydrazone groups is 1. The Morgan fingerprint density at radius 3 is 2.61 bits per heavy atom. The number of aromatic nitrogens is 3. The maximum Gasteiger partial charge on any atom is 0.326 e. The van der Waals surface area contributed by atoms with Gasteiger partial charge in [0.1, 0.15) is 6.20 Å². The van der Waals surface area contributed by atoms with Crippen LogP contribution in [0.25, 0.3) is 10.9 Å². The van der Waals surface area contributed by atoms with E-state index in [1.54, 1.807) is 12.4 Å². The van der Waals surface area contributed by atoms with Crippen molar-refractivity contribution in [2.75, 3.05) is 5.43 Å². The van der Waals surface area contributed by atoms with Crippen LogP contribution in [0.5, 0.6) is 0 Å². The van der Waals surface area contributed by atoms with Gasteiger partial charge in [-0.05, 0) is 35.9 Å². The Morgan fingerprint density at radius 1 is 1.03 bits per heavy atom. The lowest BCUT2D eigenvalue weighted by atomic mass is 10.1. The van der Waals surface area contributed by atoms with E-state index in [1.165, 1.54) is 0 Å². The molecule has 0 aliphatic rings. The van der Waals surface area contributed by atoms with Crippen molar-refractivity contribution < 1.29 is 9.78 Å². The second kappa shape index (κ2) is 9.14. The van der Waals surface area contributed by atoms with Gasteiger partial charge in [-0.1, -0.05) is 60.1 Å². The monoisotopic (exact) mass is 454 g/mol. The summed E-state index contributed by atoms with van der Waals surface area (Å²) in [5.41, 5.74) is 7.26. The quantitative estimate of drug-likeness (QED) is 0.202. The van der Waals surface area contributed by atoms with Crippen LogP contribution in [0, 0.1) is 0 Å². The van der Waals surface area contributed by atoms with Gasteiger partial charge in [0, 0.05) is 28.7 Å². The third kappa shape index (κ3) is 4.56. The Morgan fingerprint density at radius 2 is 1.79 bits per heavy atom. The number of benzene rings is 3. The maximum atomic E-state index is 13.3. The Balaban J connectivity index is 1.39. The number of halogens is 1. The fourth-order valence-corrected chi connectivity index (χ4v) is 3.85. The number of hydrogen-bond donors (Lipinski definition) is 2. The molecule has 0 amide bonds. The zero-order valence-corrected chi connectivity index (χ0v) is 18.4. The van der Waals surface area contributed by atoms with Crippen LogP contribution < -0.4 is 10.4 Å². The minimum absolute atomic E-state index is 0.114. The Hall–Kier alpha value is -4.16. The van der Waals surface area contributed by atoms with Crippen LogP contribution in [-0.4, -0.2) is 21.5 Å². The molecule has 5 aromatic rings. The number of nitrogens with one attached hydrogen (secondary N) is 3. The first-order valence-corrected chi connectivity index (χ1v) is 10.9. The van der Waals surface area contributed by atoms with Gasteiger partial charge in [0.05, 0.1) is 17.5 Å². The highest BCUT2D eigenvalue weighted by molar-refractivity contribution is 6.30. The molecule has 162 valence electrons. The lowest BCUT2D eigenvalue weighted by Crippen LogP contribution is -2.14. The van der Waals surface area contributed by atoms with E-state index in [1.807, 2.05) is 85.1 Å². The summed E-state index contributed by atoms with van der Waals surface area (Å²) in [6.45, 7) is 0.641. The number of ketones is 1. The fourth-order valence-electron chi connectivity index (χ4n) is 3.73. The van der Waals surface area contributed by atoms with Crippen molar-refractivity contribution in [2.45, 2.75) is 6.54 Å². The number of fused-ring (bicyclic) bond motifs is 1. The molecule has 7 heteroatoms. The summed E-state index contributed by atoms with van der Waals surface area (Å²) < 4.78 is 2.08. The molecule has 5 rings (SSSR count). The van der Waals surface area contributed by atoms with Crippen molar-refractivity contribution in [3.8, 4) is 0 Å². The highest BCUT2D eigenvalue weighted by atomic mass is 35.5. The van der Waals surface area contributed by atoms with E-state index in [0.29, 0.717) is 28.6 Å². The number of imidazole rings is 1. The van der Waals surface area contributed by atoms with Gasteiger partial charge in [0.2, 0.25) is 0 Å².